The lowest BCUT2D eigenvalue weighted by Crippen LogP contribution is -2.37. The molecular weight excluding hydrogens is 312 g/mol. The molecule has 0 fully saturated rings. The Bertz CT molecular complexity index is 637. The third-order valence-electron chi connectivity index (χ3n) is 3.86. The lowest BCUT2D eigenvalue weighted by atomic mass is 10.1. The van der Waals surface area contributed by atoms with Crippen LogP contribution < -0.4 is 10.6 Å². The predicted molar refractivity (Wildman–Crippen MR) is 103 cm³/mol. The topological polar surface area (TPSA) is 52.8 Å². The summed E-state index contributed by atoms with van der Waals surface area (Å²) in [6.45, 7) is 8.37. The second kappa shape index (κ2) is 10.6. The van der Waals surface area contributed by atoms with Crippen molar-refractivity contribution < 1.29 is 4.42 Å². The zero-order valence-electron chi connectivity index (χ0n) is 15.6. The fourth-order valence-electron chi connectivity index (χ4n) is 2.63. The second-order valence-corrected chi connectivity index (χ2v) is 6.14. The van der Waals surface area contributed by atoms with Crippen LogP contribution in [-0.2, 0) is 19.6 Å². The number of nitrogens with one attached hydrogen (secondary N) is 2. The van der Waals surface area contributed by atoms with Crippen molar-refractivity contribution in [1.29, 1.82) is 0 Å². The first kappa shape index (κ1) is 19.1. The van der Waals surface area contributed by atoms with Gasteiger partial charge in [-0.05, 0) is 43.7 Å². The molecule has 2 aromatic rings. The maximum absolute atomic E-state index is 5.44. The van der Waals surface area contributed by atoms with E-state index in [-0.39, 0.29) is 0 Å². The Balaban J connectivity index is 2.01. The van der Waals surface area contributed by atoms with Crippen LogP contribution in [0.5, 0.6) is 0 Å². The molecule has 1 heterocycles. The standard InChI is InChI=1S/C20H30N4O/c1-4-12-22-20(21-5-2)23-14-17-9-6-7-10-18(17)15-24(3)16-19-11-8-13-25-19/h6-11,13H,4-5,12,14-16H2,1-3H3,(H2,21,22,23). The highest BCUT2D eigenvalue weighted by Crippen LogP contribution is 2.14. The summed E-state index contributed by atoms with van der Waals surface area (Å²) in [4.78, 5) is 6.97. The molecule has 0 atom stereocenters. The van der Waals surface area contributed by atoms with E-state index in [1.165, 1.54) is 11.1 Å². The van der Waals surface area contributed by atoms with Gasteiger partial charge in [-0.15, -0.1) is 0 Å². The minimum Gasteiger partial charge on any atom is -0.468 e. The Kier molecular flexibility index (Phi) is 8.05. The SMILES string of the molecule is CCCNC(=NCc1ccccc1CN(C)Cc1ccco1)NCC. The molecule has 0 saturated carbocycles. The number of guanidine groups is 1. The molecule has 0 amide bonds. The van der Waals surface area contributed by atoms with Gasteiger partial charge >= 0.3 is 0 Å². The largest absolute Gasteiger partial charge is 0.468 e. The molecule has 0 bridgehead atoms. The monoisotopic (exact) mass is 342 g/mol. The van der Waals surface area contributed by atoms with Crippen molar-refractivity contribution in [3.8, 4) is 0 Å². The van der Waals surface area contributed by atoms with Crippen LogP contribution in [0.2, 0.25) is 0 Å². The van der Waals surface area contributed by atoms with E-state index in [9.17, 15) is 0 Å². The first-order chi connectivity index (χ1) is 12.2. The van der Waals surface area contributed by atoms with E-state index < -0.39 is 0 Å². The second-order valence-electron chi connectivity index (χ2n) is 6.14. The number of furan rings is 1. The van der Waals surface area contributed by atoms with E-state index in [0.717, 1.165) is 44.3 Å². The van der Waals surface area contributed by atoms with Gasteiger partial charge in [0.05, 0.1) is 19.4 Å². The molecule has 0 saturated heterocycles. The van der Waals surface area contributed by atoms with E-state index in [1.807, 2.05) is 12.1 Å². The summed E-state index contributed by atoms with van der Waals surface area (Å²) in [5, 5.41) is 6.64. The minimum atomic E-state index is 0.670. The number of nitrogens with zero attached hydrogens (tertiary/aromatic N) is 2. The summed E-state index contributed by atoms with van der Waals surface area (Å²) in [5.74, 6) is 1.86. The average Bonchev–Trinajstić information content (AvgIpc) is 3.11. The molecule has 1 aromatic heterocycles. The van der Waals surface area contributed by atoms with E-state index in [4.69, 9.17) is 9.41 Å². The van der Waals surface area contributed by atoms with E-state index in [0.29, 0.717) is 6.54 Å². The molecule has 136 valence electrons. The summed E-state index contributed by atoms with van der Waals surface area (Å²) in [6, 6.07) is 12.4. The number of aliphatic imine (C=N–C) groups is 1. The molecule has 1 aromatic carbocycles. The van der Waals surface area contributed by atoms with E-state index in [2.05, 4.69) is 60.7 Å². The van der Waals surface area contributed by atoms with Crippen molar-refractivity contribution in [2.24, 2.45) is 4.99 Å². The smallest absolute Gasteiger partial charge is 0.191 e. The third kappa shape index (κ3) is 6.63. The van der Waals surface area contributed by atoms with Crippen LogP contribution in [0.4, 0.5) is 0 Å². The highest BCUT2D eigenvalue weighted by molar-refractivity contribution is 5.79. The Morgan fingerprint density at radius 1 is 1.04 bits per heavy atom. The predicted octanol–water partition coefficient (Wildman–Crippen LogP) is 3.38. The van der Waals surface area contributed by atoms with Crippen LogP contribution in [0.3, 0.4) is 0 Å². The summed E-state index contributed by atoms with van der Waals surface area (Å²) in [5.41, 5.74) is 2.55. The lowest BCUT2D eigenvalue weighted by molar-refractivity contribution is 0.287. The lowest BCUT2D eigenvalue weighted by Gasteiger charge is -2.17. The van der Waals surface area contributed by atoms with Crippen LogP contribution in [0.1, 0.15) is 37.2 Å². The molecule has 5 heteroatoms. The average molecular weight is 342 g/mol. The summed E-state index contributed by atoms with van der Waals surface area (Å²) < 4.78 is 5.44. The quantitative estimate of drug-likeness (QED) is 0.542. The Morgan fingerprint density at radius 2 is 1.84 bits per heavy atom. The Morgan fingerprint density at radius 3 is 2.52 bits per heavy atom. The molecule has 0 aliphatic heterocycles. The van der Waals surface area contributed by atoms with Gasteiger partial charge in [-0.25, -0.2) is 4.99 Å². The molecule has 0 unspecified atom stereocenters. The van der Waals surface area contributed by atoms with Crippen LogP contribution in [-0.4, -0.2) is 31.0 Å². The summed E-state index contributed by atoms with van der Waals surface area (Å²) >= 11 is 0. The first-order valence-electron chi connectivity index (χ1n) is 9.02. The van der Waals surface area contributed by atoms with Crippen LogP contribution in [0.15, 0.2) is 52.1 Å². The van der Waals surface area contributed by atoms with Gasteiger partial charge in [0, 0.05) is 19.6 Å². The van der Waals surface area contributed by atoms with Gasteiger partial charge < -0.3 is 15.1 Å². The first-order valence-corrected chi connectivity index (χ1v) is 9.02. The minimum absolute atomic E-state index is 0.670. The molecule has 0 aliphatic rings. The van der Waals surface area contributed by atoms with Gasteiger partial charge in [0.15, 0.2) is 5.96 Å². The van der Waals surface area contributed by atoms with Crippen molar-refractivity contribution in [1.82, 2.24) is 15.5 Å². The number of benzene rings is 1. The molecule has 5 nitrogen and oxygen atoms in total. The van der Waals surface area contributed by atoms with Crippen molar-refractivity contribution in [2.45, 2.75) is 39.9 Å². The highest BCUT2D eigenvalue weighted by Gasteiger charge is 2.07. The van der Waals surface area contributed by atoms with Gasteiger partial charge in [-0.2, -0.15) is 0 Å². The maximum Gasteiger partial charge on any atom is 0.191 e. The van der Waals surface area contributed by atoms with Gasteiger partial charge in [0.2, 0.25) is 0 Å². The zero-order valence-corrected chi connectivity index (χ0v) is 15.6. The van der Waals surface area contributed by atoms with Gasteiger partial charge in [0.1, 0.15) is 5.76 Å². The molecule has 0 spiro atoms. The van der Waals surface area contributed by atoms with E-state index >= 15 is 0 Å². The summed E-state index contributed by atoms with van der Waals surface area (Å²) in [7, 11) is 2.11. The van der Waals surface area contributed by atoms with Crippen LogP contribution >= 0.6 is 0 Å². The Hall–Kier alpha value is -2.27. The summed E-state index contributed by atoms with van der Waals surface area (Å²) in [6.07, 6.45) is 2.80. The number of hydrogen-bond donors (Lipinski definition) is 2. The molecule has 0 aliphatic carbocycles. The van der Waals surface area contributed by atoms with Crippen molar-refractivity contribution >= 4 is 5.96 Å². The van der Waals surface area contributed by atoms with Gasteiger partial charge in [-0.3, -0.25) is 4.90 Å². The van der Waals surface area contributed by atoms with Crippen LogP contribution in [0.25, 0.3) is 0 Å². The van der Waals surface area contributed by atoms with Crippen LogP contribution in [0, 0.1) is 0 Å². The van der Waals surface area contributed by atoms with Gasteiger partial charge in [-0.1, -0.05) is 31.2 Å². The van der Waals surface area contributed by atoms with Gasteiger partial charge in [0.25, 0.3) is 0 Å². The molecule has 0 radical (unpaired) electrons. The van der Waals surface area contributed by atoms with Crippen molar-refractivity contribution in [3.63, 3.8) is 0 Å². The molecule has 25 heavy (non-hydrogen) atoms. The molecule has 2 rings (SSSR count). The fourth-order valence-corrected chi connectivity index (χ4v) is 2.63. The number of hydrogen-bond acceptors (Lipinski definition) is 3. The molecule has 2 N–H and O–H groups in total. The van der Waals surface area contributed by atoms with Crippen molar-refractivity contribution in [3.05, 3.63) is 59.5 Å². The maximum atomic E-state index is 5.44. The third-order valence-corrected chi connectivity index (χ3v) is 3.86. The zero-order chi connectivity index (χ0) is 17.9. The number of rotatable bonds is 9. The van der Waals surface area contributed by atoms with E-state index in [1.54, 1.807) is 6.26 Å². The Labute approximate surface area is 151 Å². The molecular formula is C20H30N4O. The fraction of sp³-hybridized carbons (Fsp3) is 0.450. The highest BCUT2D eigenvalue weighted by atomic mass is 16.3. The normalized spacial score (nSPS) is 11.8. The van der Waals surface area contributed by atoms with Crippen molar-refractivity contribution in [2.75, 3.05) is 20.1 Å².